The van der Waals surface area contributed by atoms with Crippen LogP contribution in [0.3, 0.4) is 0 Å². The second-order valence-corrected chi connectivity index (χ2v) is 13.6. The number of alkyl carbamates (subject to hydrolysis) is 2. The lowest BCUT2D eigenvalue weighted by Gasteiger charge is -2.26. The van der Waals surface area contributed by atoms with Crippen LogP contribution in [0.25, 0.3) is 11.1 Å². The molecule has 2 aromatic rings. The lowest BCUT2D eigenvalue weighted by molar-refractivity contribution is -0.142. The minimum Gasteiger partial charge on any atom is -0.508 e. The molecule has 0 fully saturated rings. The number of phenolic OH excluding ortho intramolecular Hbond substituents is 1. The Morgan fingerprint density at radius 1 is 0.851 bits per heavy atom. The summed E-state index contributed by atoms with van der Waals surface area (Å²) in [6, 6.07) is 6.52. The molecule has 2 aromatic carbocycles. The average Bonchev–Trinajstić information content (AvgIpc) is 2.93. The molecule has 13 nitrogen and oxygen atoms in total. The molecule has 3 rings (SSSR count). The summed E-state index contributed by atoms with van der Waals surface area (Å²) >= 11 is 0. The Labute approximate surface area is 274 Å². The smallest absolute Gasteiger partial charge is 0.408 e. The van der Waals surface area contributed by atoms with E-state index in [4.69, 9.17) is 9.47 Å². The van der Waals surface area contributed by atoms with Crippen LogP contribution >= 0.6 is 0 Å². The SMILES string of the molecule is Cc1ccc2cc1C[C@@H](C(=O)O)NC(=O)[C@H](CCCNC(=O)OC(C)(C)C)NC(=O)[C@@H](NC(=O)OC(C)(C)C)Cc1cc-2ccc1O. The minimum atomic E-state index is -1.33. The van der Waals surface area contributed by atoms with Crippen LogP contribution in [0.15, 0.2) is 36.4 Å². The predicted molar refractivity (Wildman–Crippen MR) is 174 cm³/mol. The van der Waals surface area contributed by atoms with Gasteiger partial charge in [0, 0.05) is 19.4 Å². The molecule has 256 valence electrons. The van der Waals surface area contributed by atoms with Crippen molar-refractivity contribution >= 4 is 30.0 Å². The molecular formula is C34H46N4O9. The Balaban J connectivity index is 2.01. The number of ether oxygens (including phenoxy) is 2. The summed E-state index contributed by atoms with van der Waals surface area (Å²) in [4.78, 5) is 64.6. The molecule has 47 heavy (non-hydrogen) atoms. The van der Waals surface area contributed by atoms with Crippen LogP contribution < -0.4 is 21.3 Å². The van der Waals surface area contributed by atoms with E-state index in [0.29, 0.717) is 16.7 Å². The van der Waals surface area contributed by atoms with E-state index in [-0.39, 0.29) is 38.0 Å². The number of carbonyl (C=O) groups is 5. The summed E-state index contributed by atoms with van der Waals surface area (Å²) in [7, 11) is 0. The Bertz CT molecular complexity index is 1490. The molecule has 0 aliphatic carbocycles. The maximum atomic E-state index is 13.8. The molecule has 0 unspecified atom stereocenters. The maximum Gasteiger partial charge on any atom is 0.408 e. The average molecular weight is 655 g/mol. The quantitative estimate of drug-likeness (QED) is 0.252. The third kappa shape index (κ3) is 11.5. The number of amides is 4. The number of phenols is 1. The molecule has 0 aromatic heterocycles. The minimum absolute atomic E-state index is 0.00805. The molecular weight excluding hydrogens is 608 g/mol. The van der Waals surface area contributed by atoms with Crippen molar-refractivity contribution in [1.29, 1.82) is 0 Å². The van der Waals surface area contributed by atoms with Gasteiger partial charge in [0.1, 0.15) is 35.1 Å². The Morgan fingerprint density at radius 3 is 2.06 bits per heavy atom. The van der Waals surface area contributed by atoms with Crippen LogP contribution in [0.1, 0.15) is 71.1 Å². The Hall–Kier alpha value is -4.81. The number of carboxylic acids is 1. The first-order valence-corrected chi connectivity index (χ1v) is 15.5. The molecule has 13 heteroatoms. The first-order chi connectivity index (χ1) is 21.8. The van der Waals surface area contributed by atoms with E-state index in [9.17, 15) is 34.2 Å². The standard InChI is InChI=1S/C34H46N4O9/c1-19-10-11-20-15-22(19)17-26(30(42)43)37-28(40)24(9-8-14-35-31(44)46-33(2,3)4)36-29(41)25(38-32(45)47-34(5,6)7)18-23-16-21(20)12-13-27(23)39/h10-13,15-16,24-26,39H,8-9,14,17-18H2,1-7H3,(H,35,44)(H,36,41)(H,37,40)(H,38,45)(H,42,43)/t24-,25-,26-/m0/s1. The summed E-state index contributed by atoms with van der Waals surface area (Å²) in [5.74, 6) is -2.90. The van der Waals surface area contributed by atoms with Gasteiger partial charge in [0.25, 0.3) is 0 Å². The van der Waals surface area contributed by atoms with Gasteiger partial charge >= 0.3 is 18.2 Å². The molecule has 3 atom stereocenters. The van der Waals surface area contributed by atoms with Crippen molar-refractivity contribution in [3.63, 3.8) is 0 Å². The van der Waals surface area contributed by atoms with Crippen molar-refractivity contribution in [2.45, 2.75) is 103 Å². The molecule has 0 spiro atoms. The number of fused-ring (bicyclic) bond motifs is 5. The highest BCUT2D eigenvalue weighted by molar-refractivity contribution is 5.93. The van der Waals surface area contributed by atoms with Gasteiger partial charge in [-0.3, -0.25) is 9.59 Å². The number of aryl methyl sites for hydroxylation is 1. The first kappa shape index (κ1) is 36.7. The van der Waals surface area contributed by atoms with E-state index in [2.05, 4.69) is 21.3 Å². The van der Waals surface area contributed by atoms with Crippen LogP contribution in [0.5, 0.6) is 5.75 Å². The van der Waals surface area contributed by atoms with Crippen molar-refractivity contribution in [3.05, 3.63) is 53.1 Å². The summed E-state index contributed by atoms with van der Waals surface area (Å²) in [5.41, 5.74) is 1.69. The predicted octanol–water partition coefficient (Wildman–Crippen LogP) is 3.72. The van der Waals surface area contributed by atoms with E-state index < -0.39 is 59.3 Å². The van der Waals surface area contributed by atoms with Gasteiger partial charge in [0.05, 0.1) is 0 Å². The van der Waals surface area contributed by atoms with Gasteiger partial charge in [-0.05, 0) is 101 Å². The molecule has 1 aliphatic rings. The summed E-state index contributed by atoms with van der Waals surface area (Å²) in [6.07, 6.45) is -1.51. The fourth-order valence-corrected chi connectivity index (χ4v) is 4.92. The van der Waals surface area contributed by atoms with Crippen LogP contribution in [0.2, 0.25) is 0 Å². The van der Waals surface area contributed by atoms with Crippen molar-refractivity contribution < 1.29 is 43.7 Å². The number of carboxylic acid groups (broad SMARTS) is 1. The number of hydrogen-bond acceptors (Lipinski definition) is 8. The highest BCUT2D eigenvalue weighted by atomic mass is 16.6. The lowest BCUT2D eigenvalue weighted by Crippen LogP contribution is -2.56. The number of aliphatic carboxylic acids is 1. The zero-order valence-electron chi connectivity index (χ0n) is 28.0. The number of benzene rings is 2. The van der Waals surface area contributed by atoms with Crippen LogP contribution in [0.4, 0.5) is 9.59 Å². The Morgan fingerprint density at radius 2 is 1.45 bits per heavy atom. The van der Waals surface area contributed by atoms with Gasteiger partial charge in [-0.2, -0.15) is 0 Å². The van der Waals surface area contributed by atoms with Gasteiger partial charge in [0.2, 0.25) is 11.8 Å². The number of aromatic hydroxyl groups is 1. The second kappa shape index (κ2) is 15.2. The van der Waals surface area contributed by atoms with Crippen molar-refractivity contribution in [2.75, 3.05) is 6.54 Å². The molecule has 0 saturated heterocycles. The van der Waals surface area contributed by atoms with E-state index in [1.807, 2.05) is 25.1 Å². The number of nitrogens with one attached hydrogen (secondary N) is 4. The molecule has 0 saturated carbocycles. The Kier molecular flexibility index (Phi) is 11.8. The largest absolute Gasteiger partial charge is 0.508 e. The third-order valence-corrected chi connectivity index (χ3v) is 7.20. The molecule has 6 N–H and O–H groups in total. The monoisotopic (exact) mass is 654 g/mol. The highest BCUT2D eigenvalue weighted by Crippen LogP contribution is 2.29. The zero-order chi connectivity index (χ0) is 35.1. The van der Waals surface area contributed by atoms with Gasteiger partial charge in [-0.25, -0.2) is 14.4 Å². The van der Waals surface area contributed by atoms with Gasteiger partial charge in [-0.15, -0.1) is 0 Å². The normalized spacial score (nSPS) is 18.8. The molecule has 4 amide bonds. The number of hydrogen-bond donors (Lipinski definition) is 6. The van der Waals surface area contributed by atoms with Gasteiger partial charge in [0.15, 0.2) is 0 Å². The zero-order valence-corrected chi connectivity index (χ0v) is 28.0. The van der Waals surface area contributed by atoms with Crippen molar-refractivity contribution in [1.82, 2.24) is 21.3 Å². The second-order valence-electron chi connectivity index (χ2n) is 13.6. The summed E-state index contributed by atoms with van der Waals surface area (Å²) < 4.78 is 10.6. The fourth-order valence-electron chi connectivity index (χ4n) is 4.92. The topological polar surface area (TPSA) is 192 Å². The van der Waals surface area contributed by atoms with Crippen LogP contribution in [-0.4, -0.2) is 76.1 Å². The van der Waals surface area contributed by atoms with E-state index in [1.54, 1.807) is 53.7 Å². The highest BCUT2D eigenvalue weighted by Gasteiger charge is 2.32. The molecule has 1 aliphatic heterocycles. The van der Waals surface area contributed by atoms with E-state index in [1.165, 1.54) is 6.07 Å². The van der Waals surface area contributed by atoms with Gasteiger partial charge in [-0.1, -0.05) is 24.3 Å². The van der Waals surface area contributed by atoms with Crippen molar-refractivity contribution in [2.24, 2.45) is 0 Å². The molecule has 4 bridgehead atoms. The molecule has 0 radical (unpaired) electrons. The lowest BCUT2D eigenvalue weighted by atomic mass is 9.93. The first-order valence-electron chi connectivity index (χ1n) is 15.5. The number of carbonyl (C=O) groups excluding carboxylic acids is 4. The van der Waals surface area contributed by atoms with E-state index >= 15 is 0 Å². The summed E-state index contributed by atoms with van der Waals surface area (Å²) in [5, 5.41) is 31.2. The fraction of sp³-hybridized carbons (Fsp3) is 0.500. The summed E-state index contributed by atoms with van der Waals surface area (Å²) in [6.45, 7) is 12.1. The third-order valence-electron chi connectivity index (χ3n) is 7.20. The molecule has 1 heterocycles. The number of rotatable bonds is 6. The van der Waals surface area contributed by atoms with E-state index in [0.717, 1.165) is 11.1 Å². The van der Waals surface area contributed by atoms with Crippen LogP contribution in [-0.2, 0) is 36.7 Å². The van der Waals surface area contributed by atoms with Crippen LogP contribution in [0, 0.1) is 6.92 Å². The maximum absolute atomic E-state index is 13.8. The van der Waals surface area contributed by atoms with Crippen molar-refractivity contribution in [3.8, 4) is 16.9 Å². The van der Waals surface area contributed by atoms with Gasteiger partial charge < -0.3 is 41.0 Å².